The molecule has 3 aromatic rings. The summed E-state index contributed by atoms with van der Waals surface area (Å²) in [5.41, 5.74) is 1.73. The van der Waals surface area contributed by atoms with E-state index in [1.54, 1.807) is 12.5 Å². The van der Waals surface area contributed by atoms with E-state index in [-0.39, 0.29) is 5.88 Å². The quantitative estimate of drug-likeness (QED) is 0.541. The van der Waals surface area contributed by atoms with Gasteiger partial charge in [0.05, 0.1) is 17.6 Å². The molecule has 0 aliphatic rings. The maximum Gasteiger partial charge on any atom is 0.136 e. The van der Waals surface area contributed by atoms with Crippen LogP contribution in [0.2, 0.25) is 0 Å². The zero-order valence-electron chi connectivity index (χ0n) is 11.2. The Kier molecular flexibility index (Phi) is 4.09. The summed E-state index contributed by atoms with van der Waals surface area (Å²) in [6.07, 6.45) is 3.19. The summed E-state index contributed by atoms with van der Waals surface area (Å²) in [6, 6.07) is 12.0. The van der Waals surface area contributed by atoms with Gasteiger partial charge in [-0.25, -0.2) is 0 Å². The molecule has 0 saturated heterocycles. The van der Waals surface area contributed by atoms with Gasteiger partial charge in [0.25, 0.3) is 0 Å². The normalized spacial score (nSPS) is 10.1. The first-order valence-corrected chi connectivity index (χ1v) is 6.99. The van der Waals surface area contributed by atoms with Gasteiger partial charge in [-0.3, -0.25) is 0 Å². The van der Waals surface area contributed by atoms with Gasteiger partial charge in [-0.1, -0.05) is 47.3 Å². The van der Waals surface area contributed by atoms with E-state index in [2.05, 4.69) is 17.0 Å². The lowest BCUT2D eigenvalue weighted by Crippen LogP contribution is -1.97. The Balaban J connectivity index is 2.00. The highest BCUT2D eigenvalue weighted by Crippen LogP contribution is 2.28. The molecule has 0 atom stereocenters. The lowest BCUT2D eigenvalue weighted by atomic mass is 10.0. The Hall–Kier alpha value is -2.44. The molecule has 3 rings (SSSR count). The van der Waals surface area contributed by atoms with Crippen LogP contribution in [0.4, 0.5) is 0 Å². The Morgan fingerprint density at radius 3 is 2.90 bits per heavy atom. The maximum absolute atomic E-state index is 5.84. The number of halogens is 1. The van der Waals surface area contributed by atoms with Crippen LogP contribution in [0, 0.1) is 11.8 Å². The average molecular weight is 298 g/mol. The number of benzene rings is 2. The second kappa shape index (κ2) is 6.34. The largest absolute Gasteiger partial charge is 0.487 e. The predicted octanol–water partition coefficient (Wildman–Crippen LogP) is 4.00. The molecule has 0 amide bonds. The Morgan fingerprint density at radius 1 is 1.19 bits per heavy atom. The van der Waals surface area contributed by atoms with E-state index in [9.17, 15) is 0 Å². The van der Waals surface area contributed by atoms with Gasteiger partial charge < -0.3 is 9.26 Å². The van der Waals surface area contributed by atoms with E-state index in [4.69, 9.17) is 20.9 Å². The van der Waals surface area contributed by atoms with Crippen molar-refractivity contribution >= 4 is 22.4 Å². The zero-order valence-corrected chi connectivity index (χ0v) is 11.9. The van der Waals surface area contributed by atoms with Gasteiger partial charge in [-0.05, 0) is 11.5 Å². The standard InChI is InChI=1S/C17H12ClNO2/c18-9-3-6-16-15-5-2-1-4-14(15)7-8-17(16)20-11-13-10-19-21-12-13/h1-2,4-5,7-8,10,12H,9,11H2. The Bertz CT molecular complexity index is 801. The number of hydrogen-bond donors (Lipinski definition) is 0. The molecular formula is C17H12ClNO2. The minimum atomic E-state index is 0.286. The molecule has 2 aromatic carbocycles. The zero-order chi connectivity index (χ0) is 14.5. The third kappa shape index (κ3) is 3.01. The van der Waals surface area contributed by atoms with Crippen LogP contribution in [0.25, 0.3) is 10.8 Å². The van der Waals surface area contributed by atoms with Crippen LogP contribution in [-0.2, 0) is 6.61 Å². The number of rotatable bonds is 3. The van der Waals surface area contributed by atoms with E-state index in [0.717, 1.165) is 27.6 Å². The molecule has 3 nitrogen and oxygen atoms in total. The highest BCUT2D eigenvalue weighted by molar-refractivity contribution is 6.19. The first-order chi connectivity index (χ1) is 10.4. The van der Waals surface area contributed by atoms with Gasteiger partial charge in [-0.15, -0.1) is 11.6 Å². The van der Waals surface area contributed by atoms with Crippen LogP contribution in [0.3, 0.4) is 0 Å². The molecule has 1 heterocycles. The molecule has 0 N–H and O–H groups in total. The molecule has 0 unspecified atom stereocenters. The van der Waals surface area contributed by atoms with Gasteiger partial charge in [0, 0.05) is 10.9 Å². The minimum Gasteiger partial charge on any atom is -0.487 e. The van der Waals surface area contributed by atoms with Crippen molar-refractivity contribution in [3.8, 4) is 17.6 Å². The molecule has 0 saturated carbocycles. The van der Waals surface area contributed by atoms with E-state index < -0.39 is 0 Å². The number of alkyl halides is 1. The van der Waals surface area contributed by atoms with Gasteiger partial charge in [0.1, 0.15) is 18.6 Å². The molecule has 104 valence electrons. The highest BCUT2D eigenvalue weighted by atomic mass is 35.5. The van der Waals surface area contributed by atoms with Crippen molar-refractivity contribution in [2.75, 3.05) is 5.88 Å². The fourth-order valence-corrected chi connectivity index (χ4v) is 2.15. The lowest BCUT2D eigenvalue weighted by molar-refractivity contribution is 0.304. The van der Waals surface area contributed by atoms with Gasteiger partial charge >= 0.3 is 0 Å². The van der Waals surface area contributed by atoms with Crippen molar-refractivity contribution in [2.24, 2.45) is 0 Å². The summed E-state index contributed by atoms with van der Waals surface area (Å²) >= 11 is 5.68. The third-order valence-electron chi connectivity index (χ3n) is 3.05. The SMILES string of the molecule is ClCC#Cc1c(OCc2cnoc2)ccc2ccccc12. The van der Waals surface area contributed by atoms with Crippen LogP contribution in [0.1, 0.15) is 11.1 Å². The smallest absolute Gasteiger partial charge is 0.136 e. The van der Waals surface area contributed by atoms with E-state index in [0.29, 0.717) is 6.61 Å². The second-order valence-corrected chi connectivity index (χ2v) is 4.68. The molecule has 0 spiro atoms. The predicted molar refractivity (Wildman–Crippen MR) is 82.4 cm³/mol. The number of fused-ring (bicyclic) bond motifs is 1. The Morgan fingerprint density at radius 2 is 2.10 bits per heavy atom. The van der Waals surface area contributed by atoms with Crippen molar-refractivity contribution in [3.05, 3.63) is 60.0 Å². The second-order valence-electron chi connectivity index (χ2n) is 4.42. The fourth-order valence-electron chi connectivity index (χ4n) is 2.08. The van der Waals surface area contributed by atoms with E-state index >= 15 is 0 Å². The van der Waals surface area contributed by atoms with Gasteiger partial charge in [-0.2, -0.15) is 0 Å². The fraction of sp³-hybridized carbons (Fsp3) is 0.118. The van der Waals surface area contributed by atoms with Gasteiger partial charge in [0.15, 0.2) is 0 Å². The summed E-state index contributed by atoms with van der Waals surface area (Å²) in [4.78, 5) is 0. The number of nitrogens with zero attached hydrogens (tertiary/aromatic N) is 1. The van der Waals surface area contributed by atoms with Crippen LogP contribution in [-0.4, -0.2) is 11.0 Å². The molecule has 0 radical (unpaired) electrons. The summed E-state index contributed by atoms with van der Waals surface area (Å²) in [7, 11) is 0. The van der Waals surface area contributed by atoms with E-state index in [1.807, 2.05) is 36.4 Å². The average Bonchev–Trinajstić information content (AvgIpc) is 3.04. The van der Waals surface area contributed by atoms with Crippen LogP contribution in [0.5, 0.6) is 5.75 Å². The summed E-state index contributed by atoms with van der Waals surface area (Å²) in [5.74, 6) is 7.00. The third-order valence-corrected chi connectivity index (χ3v) is 3.18. The van der Waals surface area contributed by atoms with Crippen molar-refractivity contribution < 1.29 is 9.26 Å². The maximum atomic E-state index is 5.84. The molecule has 0 aliphatic heterocycles. The van der Waals surface area contributed by atoms with Crippen LogP contribution in [0.15, 0.2) is 53.4 Å². The molecule has 1 aromatic heterocycles. The minimum absolute atomic E-state index is 0.286. The number of aromatic nitrogens is 1. The van der Waals surface area contributed by atoms with Crippen LogP contribution < -0.4 is 4.74 Å². The van der Waals surface area contributed by atoms with E-state index in [1.165, 1.54) is 0 Å². The van der Waals surface area contributed by atoms with Gasteiger partial charge in [0.2, 0.25) is 0 Å². The van der Waals surface area contributed by atoms with Crippen LogP contribution >= 0.6 is 11.6 Å². The molecule has 0 fully saturated rings. The Labute approximate surface area is 127 Å². The molecular weight excluding hydrogens is 286 g/mol. The molecule has 0 bridgehead atoms. The molecule has 0 aliphatic carbocycles. The first kappa shape index (κ1) is 13.5. The monoisotopic (exact) mass is 297 g/mol. The van der Waals surface area contributed by atoms with Crippen molar-refractivity contribution in [3.63, 3.8) is 0 Å². The van der Waals surface area contributed by atoms with Crippen molar-refractivity contribution in [1.29, 1.82) is 0 Å². The summed E-state index contributed by atoms with van der Waals surface area (Å²) in [6.45, 7) is 0.386. The van der Waals surface area contributed by atoms with Crippen molar-refractivity contribution in [1.82, 2.24) is 5.16 Å². The topological polar surface area (TPSA) is 35.3 Å². The molecule has 4 heteroatoms. The lowest BCUT2D eigenvalue weighted by Gasteiger charge is -2.09. The van der Waals surface area contributed by atoms with Crippen molar-refractivity contribution in [2.45, 2.75) is 6.61 Å². The number of ether oxygens (including phenoxy) is 1. The number of hydrogen-bond acceptors (Lipinski definition) is 3. The summed E-state index contributed by atoms with van der Waals surface area (Å²) in [5, 5.41) is 5.83. The summed E-state index contributed by atoms with van der Waals surface area (Å²) < 4.78 is 10.6. The highest BCUT2D eigenvalue weighted by Gasteiger charge is 2.07. The first-order valence-electron chi connectivity index (χ1n) is 6.46. The molecule has 21 heavy (non-hydrogen) atoms.